The minimum atomic E-state index is 0.687. The van der Waals surface area contributed by atoms with Crippen LogP contribution in [0.1, 0.15) is 0 Å². The van der Waals surface area contributed by atoms with Crippen molar-refractivity contribution < 1.29 is 3.79 Å². The SMILES string of the molecule is c1ccc(-c2ccc(-c3cc(-c4nc(-c5ccccc5)nc5c6ccccc6s[n+]45)cc(-c4ccc(-c5ccccc5)cc4)c3-n3c4ccccc4c4cc(-c5ccccc5)ccc43)cc2)cc1. The maximum Gasteiger partial charge on any atom is 0.308 e. The summed E-state index contributed by atoms with van der Waals surface area (Å²) in [5, 5.41) is 3.50. The molecule has 0 bridgehead atoms. The number of fused-ring (bicyclic) bond motifs is 6. The fraction of sp³-hybridized carbons (Fsp3) is 0. The van der Waals surface area contributed by atoms with Crippen LogP contribution in [0, 0.1) is 0 Å². The van der Waals surface area contributed by atoms with Crippen LogP contribution in [0.3, 0.4) is 0 Å². The van der Waals surface area contributed by atoms with E-state index in [2.05, 4.69) is 251 Å². The van der Waals surface area contributed by atoms with Crippen LogP contribution in [0.5, 0.6) is 0 Å². The van der Waals surface area contributed by atoms with Gasteiger partial charge in [-0.3, -0.25) is 0 Å². The number of hydrogen-bond acceptors (Lipinski definition) is 3. The molecule has 0 unspecified atom stereocenters. The van der Waals surface area contributed by atoms with Crippen molar-refractivity contribution >= 4 is 49.1 Å². The maximum atomic E-state index is 5.50. The molecule has 3 heterocycles. The lowest BCUT2D eigenvalue weighted by Crippen LogP contribution is -2.23. The van der Waals surface area contributed by atoms with Gasteiger partial charge in [0.25, 0.3) is 11.5 Å². The van der Waals surface area contributed by atoms with Crippen molar-refractivity contribution in [1.29, 1.82) is 0 Å². The molecule has 0 saturated carbocycles. The van der Waals surface area contributed by atoms with Crippen molar-refractivity contribution in [3.8, 4) is 84.1 Å². The van der Waals surface area contributed by atoms with Crippen LogP contribution in [0.25, 0.3) is 122 Å². The van der Waals surface area contributed by atoms with Crippen LogP contribution in [-0.2, 0) is 0 Å². The average Bonchev–Trinajstić information content (AvgIpc) is 3.97. The first kappa shape index (κ1) is 39.6. The molecular formula is C63H41N4S+. The van der Waals surface area contributed by atoms with Gasteiger partial charge in [0.15, 0.2) is 0 Å². The first-order valence-electron chi connectivity index (χ1n) is 23.0. The molecule has 0 fully saturated rings. The summed E-state index contributed by atoms with van der Waals surface area (Å²) in [4.78, 5) is 10.8. The first-order valence-corrected chi connectivity index (χ1v) is 23.8. The molecule has 0 radical (unpaired) electrons. The van der Waals surface area contributed by atoms with Gasteiger partial charge in [-0.25, -0.2) is 0 Å². The highest BCUT2D eigenvalue weighted by atomic mass is 32.1. The van der Waals surface area contributed by atoms with Gasteiger partial charge in [-0.15, -0.1) is 3.79 Å². The summed E-state index contributed by atoms with van der Waals surface area (Å²) in [6, 6.07) is 89.5. The van der Waals surface area contributed by atoms with Gasteiger partial charge in [0.2, 0.25) is 0 Å². The van der Waals surface area contributed by atoms with E-state index in [0.29, 0.717) is 5.82 Å². The van der Waals surface area contributed by atoms with E-state index in [9.17, 15) is 0 Å². The Morgan fingerprint density at radius 1 is 0.324 bits per heavy atom. The third-order valence-electron chi connectivity index (χ3n) is 13.1. The molecule has 13 rings (SSSR count). The smallest absolute Gasteiger partial charge is 0.308 e. The van der Waals surface area contributed by atoms with E-state index in [1.165, 1.54) is 44.2 Å². The van der Waals surface area contributed by atoms with Gasteiger partial charge in [-0.1, -0.05) is 204 Å². The van der Waals surface area contributed by atoms with E-state index in [4.69, 9.17) is 9.97 Å². The molecule has 0 aliphatic rings. The van der Waals surface area contributed by atoms with Crippen molar-refractivity contribution in [3.63, 3.8) is 0 Å². The van der Waals surface area contributed by atoms with E-state index in [0.717, 1.165) is 71.7 Å². The topological polar surface area (TPSA) is 34.8 Å². The molecule has 0 amide bonds. The lowest BCUT2D eigenvalue weighted by Gasteiger charge is -2.21. The van der Waals surface area contributed by atoms with E-state index in [1.807, 2.05) is 6.07 Å². The molecule has 0 spiro atoms. The minimum absolute atomic E-state index is 0.687. The number of para-hydroxylation sites is 1. The molecule has 318 valence electrons. The highest BCUT2D eigenvalue weighted by molar-refractivity contribution is 7.10. The van der Waals surface area contributed by atoms with Gasteiger partial charge >= 0.3 is 5.82 Å². The summed E-state index contributed by atoms with van der Waals surface area (Å²) in [5.74, 6) is 1.52. The highest BCUT2D eigenvalue weighted by Gasteiger charge is 2.28. The maximum absolute atomic E-state index is 5.50. The molecule has 4 nitrogen and oxygen atoms in total. The molecule has 0 saturated heterocycles. The third-order valence-corrected chi connectivity index (χ3v) is 14.2. The average molecular weight is 886 g/mol. The zero-order chi connectivity index (χ0) is 45.0. The summed E-state index contributed by atoms with van der Waals surface area (Å²) >= 11 is 1.68. The molecule has 5 heteroatoms. The van der Waals surface area contributed by atoms with Crippen molar-refractivity contribution in [3.05, 3.63) is 249 Å². The zero-order valence-corrected chi connectivity index (χ0v) is 37.7. The molecule has 0 N–H and O–H groups in total. The fourth-order valence-corrected chi connectivity index (χ4v) is 10.9. The summed E-state index contributed by atoms with van der Waals surface area (Å²) in [6.07, 6.45) is 0. The first-order chi connectivity index (χ1) is 33.7. The Morgan fingerprint density at radius 3 is 1.35 bits per heavy atom. The molecule has 0 atom stereocenters. The second-order valence-corrected chi connectivity index (χ2v) is 18.2. The highest BCUT2D eigenvalue weighted by Crippen LogP contribution is 2.45. The van der Waals surface area contributed by atoms with Gasteiger partial charge in [0.05, 0.1) is 37.9 Å². The van der Waals surface area contributed by atoms with E-state index < -0.39 is 0 Å². The number of aromatic nitrogens is 4. The largest absolute Gasteiger partial charge is 0.308 e. The van der Waals surface area contributed by atoms with Crippen molar-refractivity contribution in [2.24, 2.45) is 0 Å². The number of hydrogen-bond donors (Lipinski definition) is 0. The summed E-state index contributed by atoms with van der Waals surface area (Å²) in [7, 11) is 0. The second-order valence-electron chi connectivity index (χ2n) is 17.2. The Kier molecular flexibility index (Phi) is 9.66. The molecule has 0 aliphatic carbocycles. The van der Waals surface area contributed by atoms with Gasteiger partial charge in [-0.05, 0) is 99.1 Å². The van der Waals surface area contributed by atoms with Crippen LogP contribution in [0.2, 0.25) is 0 Å². The molecule has 10 aromatic carbocycles. The van der Waals surface area contributed by atoms with Crippen LogP contribution < -0.4 is 3.79 Å². The quantitative estimate of drug-likeness (QED) is 0.143. The van der Waals surface area contributed by atoms with Crippen molar-refractivity contribution in [2.75, 3.05) is 0 Å². The monoisotopic (exact) mass is 885 g/mol. The molecule has 3 aromatic heterocycles. The molecule has 0 aliphatic heterocycles. The number of rotatable bonds is 8. The minimum Gasteiger partial charge on any atom is -0.308 e. The fourth-order valence-electron chi connectivity index (χ4n) is 9.81. The summed E-state index contributed by atoms with van der Waals surface area (Å²) < 4.78 is 5.88. The van der Waals surface area contributed by atoms with Crippen LogP contribution in [0.15, 0.2) is 249 Å². The Bertz CT molecular complexity index is 3870. The van der Waals surface area contributed by atoms with Gasteiger partial charge in [0.1, 0.15) is 0 Å². The van der Waals surface area contributed by atoms with Gasteiger partial charge in [-0.2, -0.15) is 0 Å². The number of benzene rings is 10. The number of nitrogens with zero attached hydrogens (tertiary/aromatic N) is 4. The van der Waals surface area contributed by atoms with Crippen LogP contribution in [0.4, 0.5) is 0 Å². The van der Waals surface area contributed by atoms with Crippen LogP contribution >= 0.6 is 11.5 Å². The van der Waals surface area contributed by atoms with E-state index >= 15 is 0 Å². The molecule has 13 aromatic rings. The standard InChI is InChI=1S/C63H41N4S/c1-5-17-42(18-6-1)45-29-33-47(34-30-45)54-40-51(62-64-61(49-23-11-4-12-24-49)65-63-53-26-14-16-28-59(53)68-67(62)63)41-55(48-35-31-46(32-36-48)43-19-7-2-8-20-43)60(54)66-57-27-15-13-25-52(57)56-39-50(37-38-58(56)66)44-21-9-3-10-22-44/h1-41H/q+1. The zero-order valence-electron chi connectivity index (χ0n) is 36.9. The van der Waals surface area contributed by atoms with Crippen molar-refractivity contribution in [1.82, 2.24) is 14.5 Å². The van der Waals surface area contributed by atoms with Crippen LogP contribution in [-0.4, -0.2) is 14.5 Å². The lowest BCUT2D eigenvalue weighted by molar-refractivity contribution is -0.424. The van der Waals surface area contributed by atoms with Gasteiger partial charge in [0, 0.05) is 33.4 Å². The van der Waals surface area contributed by atoms with E-state index in [1.54, 1.807) is 11.5 Å². The Morgan fingerprint density at radius 2 is 0.765 bits per heavy atom. The Labute approximate surface area is 398 Å². The Balaban J connectivity index is 1.15. The normalized spacial score (nSPS) is 11.5. The second kappa shape index (κ2) is 16.6. The van der Waals surface area contributed by atoms with Gasteiger partial charge < -0.3 is 4.57 Å². The summed E-state index contributed by atoms with van der Waals surface area (Å²) in [6.45, 7) is 0. The van der Waals surface area contributed by atoms with E-state index in [-0.39, 0.29) is 0 Å². The third kappa shape index (κ3) is 6.88. The molecular weight excluding hydrogens is 845 g/mol. The van der Waals surface area contributed by atoms with Crippen molar-refractivity contribution in [2.45, 2.75) is 0 Å². The predicted molar refractivity (Wildman–Crippen MR) is 283 cm³/mol. The summed E-state index contributed by atoms with van der Waals surface area (Å²) in [5.41, 5.74) is 17.7. The molecule has 68 heavy (non-hydrogen) atoms. The Hall–Kier alpha value is -8.77. The predicted octanol–water partition coefficient (Wildman–Crippen LogP) is 16.2. The lowest BCUT2D eigenvalue weighted by atomic mass is 9.91.